The van der Waals surface area contributed by atoms with Crippen molar-refractivity contribution in [3.05, 3.63) is 70.5 Å². The number of esters is 1. The average molecular weight is 572 g/mol. The third-order valence-corrected chi connectivity index (χ3v) is 8.34. The van der Waals surface area contributed by atoms with E-state index in [1.165, 1.54) is 42.2 Å². The Kier molecular flexibility index (Phi) is 8.05. The van der Waals surface area contributed by atoms with Gasteiger partial charge in [-0.15, -0.1) is 0 Å². The summed E-state index contributed by atoms with van der Waals surface area (Å²) in [4.78, 5) is 11.4. The zero-order chi connectivity index (χ0) is 27.7. The summed E-state index contributed by atoms with van der Waals surface area (Å²) in [6.07, 6.45) is -1.76. The molecule has 0 N–H and O–H groups in total. The summed E-state index contributed by atoms with van der Waals surface area (Å²) in [5.74, 6) is -0.897. The van der Waals surface area contributed by atoms with Crippen LogP contribution in [-0.4, -0.2) is 42.1 Å². The van der Waals surface area contributed by atoms with Crippen molar-refractivity contribution in [2.24, 2.45) is 0 Å². The predicted octanol–water partition coefficient (Wildman–Crippen LogP) is 5.61. The minimum absolute atomic E-state index is 0.113. The fourth-order valence-corrected chi connectivity index (χ4v) is 5.90. The zero-order valence-electron chi connectivity index (χ0n) is 20.5. The Balaban J connectivity index is 1.64. The van der Waals surface area contributed by atoms with Gasteiger partial charge in [0.05, 0.1) is 29.3 Å². The lowest BCUT2D eigenvalue weighted by Gasteiger charge is -2.31. The highest BCUT2D eigenvalue weighted by Crippen LogP contribution is 2.41. The van der Waals surface area contributed by atoms with Gasteiger partial charge in [-0.05, 0) is 68.7 Å². The van der Waals surface area contributed by atoms with Gasteiger partial charge in [0.25, 0.3) is 0 Å². The number of halogens is 4. The average Bonchev–Trinajstić information content (AvgIpc) is 3.27. The van der Waals surface area contributed by atoms with Gasteiger partial charge in [-0.2, -0.15) is 22.6 Å². The molecule has 0 saturated carbocycles. The molecule has 0 aliphatic heterocycles. The Hall–Kier alpha value is -3.09. The predicted molar refractivity (Wildman–Crippen MR) is 132 cm³/mol. The highest BCUT2D eigenvalue weighted by Gasteiger charge is 2.39. The van der Waals surface area contributed by atoms with E-state index in [1.807, 2.05) is 0 Å². The first-order valence-corrected chi connectivity index (χ1v) is 13.6. The molecule has 1 aliphatic rings. The van der Waals surface area contributed by atoms with Gasteiger partial charge >= 0.3 is 12.1 Å². The van der Waals surface area contributed by atoms with Gasteiger partial charge in [-0.1, -0.05) is 11.6 Å². The van der Waals surface area contributed by atoms with E-state index in [0.717, 1.165) is 16.4 Å². The van der Waals surface area contributed by atoms with Gasteiger partial charge in [0, 0.05) is 23.3 Å². The molecule has 0 radical (unpaired) electrons. The van der Waals surface area contributed by atoms with E-state index in [2.05, 4.69) is 5.10 Å². The normalized spacial score (nSPS) is 15.8. The van der Waals surface area contributed by atoms with Crippen LogP contribution in [0.25, 0.3) is 0 Å². The molecule has 38 heavy (non-hydrogen) atoms. The van der Waals surface area contributed by atoms with Crippen LogP contribution in [-0.2, 0) is 38.7 Å². The zero-order valence-corrected chi connectivity index (χ0v) is 22.1. The summed E-state index contributed by atoms with van der Waals surface area (Å²) < 4.78 is 81.7. The number of ether oxygens (including phenoxy) is 2. The standard InChI is InChI=1S/C25H25ClF3N3O5S/c1-3-36-24(33)15-32-22-6-4-5-21(19(22)14-30-32)31(2)38(34,35)18-11-12-23(20(13-18)25(27,28)29)37-17-9-7-16(26)8-10-17/h7-14,21H,3-6,15H2,1-2H3/t21-/m1/s1. The molecular formula is C25H25ClF3N3O5S. The first-order valence-electron chi connectivity index (χ1n) is 11.7. The summed E-state index contributed by atoms with van der Waals surface area (Å²) in [5.41, 5.74) is 0.0675. The van der Waals surface area contributed by atoms with Gasteiger partial charge in [0.15, 0.2) is 0 Å². The maximum atomic E-state index is 13.9. The topological polar surface area (TPSA) is 90.7 Å². The lowest BCUT2D eigenvalue weighted by molar-refractivity contribution is -0.144. The van der Waals surface area contributed by atoms with Crippen LogP contribution in [0.1, 0.15) is 42.6 Å². The van der Waals surface area contributed by atoms with Crippen LogP contribution in [0.5, 0.6) is 11.5 Å². The fraction of sp³-hybridized carbons (Fsp3) is 0.360. The summed E-state index contributed by atoms with van der Waals surface area (Å²) in [5, 5.41) is 4.62. The van der Waals surface area contributed by atoms with Crippen LogP contribution < -0.4 is 4.74 Å². The Morgan fingerprint density at radius 1 is 1.21 bits per heavy atom. The molecule has 1 aliphatic carbocycles. The van der Waals surface area contributed by atoms with Crippen molar-refractivity contribution in [1.29, 1.82) is 0 Å². The fourth-order valence-electron chi connectivity index (χ4n) is 4.38. The van der Waals surface area contributed by atoms with Crippen LogP contribution >= 0.6 is 11.6 Å². The number of rotatable bonds is 8. The number of nitrogens with zero attached hydrogens (tertiary/aromatic N) is 3. The Bertz CT molecular complexity index is 1420. The summed E-state index contributed by atoms with van der Waals surface area (Å²) in [6.45, 7) is 1.79. The molecular weight excluding hydrogens is 547 g/mol. The van der Waals surface area contributed by atoms with Crippen molar-refractivity contribution >= 4 is 27.6 Å². The third-order valence-electron chi connectivity index (χ3n) is 6.23. The van der Waals surface area contributed by atoms with Gasteiger partial charge in [0.2, 0.25) is 10.0 Å². The van der Waals surface area contributed by atoms with Crippen molar-refractivity contribution in [3.63, 3.8) is 0 Å². The van der Waals surface area contributed by atoms with E-state index in [4.69, 9.17) is 21.1 Å². The van der Waals surface area contributed by atoms with Crippen LogP contribution in [0.4, 0.5) is 13.2 Å². The van der Waals surface area contributed by atoms with Crippen LogP contribution in [0.2, 0.25) is 5.02 Å². The molecule has 0 amide bonds. The maximum Gasteiger partial charge on any atom is 0.420 e. The van der Waals surface area contributed by atoms with Crippen molar-refractivity contribution in [1.82, 2.24) is 14.1 Å². The second-order valence-corrected chi connectivity index (χ2v) is 11.1. The van der Waals surface area contributed by atoms with Crippen molar-refractivity contribution in [2.45, 2.75) is 49.8 Å². The van der Waals surface area contributed by atoms with E-state index in [-0.39, 0.29) is 18.9 Å². The molecule has 0 spiro atoms. The minimum Gasteiger partial charge on any atom is -0.465 e. The van der Waals surface area contributed by atoms with Crippen molar-refractivity contribution in [2.75, 3.05) is 13.7 Å². The summed E-state index contributed by atoms with van der Waals surface area (Å²) in [6, 6.07) is 7.72. The lowest BCUT2D eigenvalue weighted by Crippen LogP contribution is -2.33. The molecule has 0 bridgehead atoms. The number of alkyl halides is 3. The summed E-state index contributed by atoms with van der Waals surface area (Å²) >= 11 is 5.82. The van der Waals surface area contributed by atoms with Gasteiger partial charge in [0.1, 0.15) is 18.0 Å². The minimum atomic E-state index is -4.88. The van der Waals surface area contributed by atoms with E-state index >= 15 is 0 Å². The molecule has 3 aromatic rings. The molecule has 0 fully saturated rings. The van der Waals surface area contributed by atoms with Crippen LogP contribution in [0.3, 0.4) is 0 Å². The number of aromatic nitrogens is 2. The molecule has 1 aromatic heterocycles. The molecule has 204 valence electrons. The van der Waals surface area contributed by atoms with Crippen LogP contribution in [0, 0.1) is 0 Å². The Labute approximate surface area is 223 Å². The maximum absolute atomic E-state index is 13.9. The van der Waals surface area contributed by atoms with E-state index < -0.39 is 44.4 Å². The van der Waals surface area contributed by atoms with E-state index in [1.54, 1.807) is 6.92 Å². The highest BCUT2D eigenvalue weighted by atomic mass is 35.5. The van der Waals surface area contributed by atoms with Crippen LogP contribution in [0.15, 0.2) is 53.6 Å². The third kappa shape index (κ3) is 5.82. The number of carbonyl (C=O) groups is 1. The lowest BCUT2D eigenvalue weighted by atomic mass is 9.93. The quantitative estimate of drug-likeness (QED) is 0.327. The molecule has 1 atom stereocenters. The number of fused-ring (bicyclic) bond motifs is 1. The monoisotopic (exact) mass is 571 g/mol. The molecule has 4 rings (SSSR count). The second kappa shape index (κ2) is 11.0. The number of carbonyl (C=O) groups excluding carboxylic acids is 1. The largest absolute Gasteiger partial charge is 0.465 e. The molecule has 0 saturated heterocycles. The molecule has 0 unspecified atom stereocenters. The first kappa shape index (κ1) is 27.9. The molecule has 13 heteroatoms. The first-order chi connectivity index (χ1) is 17.9. The number of hydrogen-bond acceptors (Lipinski definition) is 6. The SMILES string of the molecule is CCOC(=O)Cn1ncc2c1CCC[C@H]2N(C)S(=O)(=O)c1ccc(Oc2ccc(Cl)cc2)c(C(F)(F)F)c1. The van der Waals surface area contributed by atoms with E-state index in [0.29, 0.717) is 41.6 Å². The molecule has 8 nitrogen and oxygen atoms in total. The van der Waals surface area contributed by atoms with E-state index in [9.17, 15) is 26.4 Å². The second-order valence-electron chi connectivity index (χ2n) is 8.65. The summed E-state index contributed by atoms with van der Waals surface area (Å²) in [7, 11) is -3.03. The van der Waals surface area contributed by atoms with Crippen molar-refractivity contribution in [3.8, 4) is 11.5 Å². The Morgan fingerprint density at radius 2 is 1.92 bits per heavy atom. The van der Waals surface area contributed by atoms with Gasteiger partial charge < -0.3 is 9.47 Å². The molecule has 2 aromatic carbocycles. The number of benzene rings is 2. The number of hydrogen-bond donors (Lipinski definition) is 0. The smallest absolute Gasteiger partial charge is 0.420 e. The van der Waals surface area contributed by atoms with Gasteiger partial charge in [-0.3, -0.25) is 9.48 Å². The van der Waals surface area contributed by atoms with Crippen molar-refractivity contribution < 1.29 is 35.9 Å². The number of sulfonamides is 1. The van der Waals surface area contributed by atoms with Gasteiger partial charge in [-0.25, -0.2) is 8.42 Å². The molecule has 1 heterocycles. The highest BCUT2D eigenvalue weighted by molar-refractivity contribution is 7.89. The Morgan fingerprint density at radius 3 is 2.58 bits per heavy atom.